The van der Waals surface area contributed by atoms with Crippen molar-refractivity contribution < 1.29 is 4.92 Å². The molecule has 25 heavy (non-hydrogen) atoms. The van der Waals surface area contributed by atoms with Gasteiger partial charge in [-0.2, -0.15) is 0 Å². The van der Waals surface area contributed by atoms with E-state index in [1.165, 1.54) is 6.07 Å². The van der Waals surface area contributed by atoms with Gasteiger partial charge in [0.25, 0.3) is 5.69 Å². The molecular weight excluding hydrogens is 316 g/mol. The molecule has 0 saturated heterocycles. The highest BCUT2D eigenvalue weighted by atomic mass is 16.6. The van der Waals surface area contributed by atoms with Crippen LogP contribution in [-0.2, 0) is 0 Å². The van der Waals surface area contributed by atoms with Crippen LogP contribution in [0.5, 0.6) is 0 Å². The lowest BCUT2D eigenvalue weighted by Gasteiger charge is -2.14. The third-order valence-corrected chi connectivity index (χ3v) is 4.01. The van der Waals surface area contributed by atoms with Gasteiger partial charge in [-0.25, -0.2) is 4.98 Å². The second-order valence-corrected chi connectivity index (χ2v) is 5.55. The number of nitrogens with one attached hydrogen (secondary N) is 2. The Balaban J connectivity index is 1.82. The third-order valence-electron chi connectivity index (χ3n) is 4.01. The van der Waals surface area contributed by atoms with Crippen LogP contribution in [0.15, 0.2) is 72.8 Å². The zero-order valence-electron chi connectivity index (χ0n) is 13.1. The molecular formula is C19H14N4O2. The Bertz CT molecular complexity index is 1040. The van der Waals surface area contributed by atoms with Gasteiger partial charge in [0, 0.05) is 16.8 Å². The highest BCUT2D eigenvalue weighted by Gasteiger charge is 2.13. The number of para-hydroxylation sites is 4. The molecule has 1 aromatic heterocycles. The van der Waals surface area contributed by atoms with Crippen molar-refractivity contribution in [3.05, 3.63) is 82.9 Å². The Kier molecular flexibility index (Phi) is 3.63. The van der Waals surface area contributed by atoms with Crippen molar-refractivity contribution in [3.63, 3.8) is 0 Å². The van der Waals surface area contributed by atoms with Crippen molar-refractivity contribution in [1.82, 2.24) is 4.98 Å². The van der Waals surface area contributed by atoms with Crippen LogP contribution in [-0.4, -0.2) is 9.91 Å². The summed E-state index contributed by atoms with van der Waals surface area (Å²) in [6.45, 7) is 0. The molecule has 0 aliphatic heterocycles. The predicted octanol–water partition coefficient (Wildman–Crippen LogP) is 4.74. The fourth-order valence-electron chi connectivity index (χ4n) is 2.84. The number of nitro benzene ring substituents is 1. The first-order chi connectivity index (χ1) is 12.2. The van der Waals surface area contributed by atoms with Gasteiger partial charge >= 0.3 is 0 Å². The van der Waals surface area contributed by atoms with Crippen LogP contribution in [0.25, 0.3) is 21.8 Å². The van der Waals surface area contributed by atoms with E-state index in [2.05, 4.69) is 15.8 Å². The van der Waals surface area contributed by atoms with Gasteiger partial charge in [0.05, 0.1) is 21.6 Å². The lowest BCUT2D eigenvalue weighted by molar-refractivity contribution is -0.383. The Morgan fingerprint density at radius 3 is 1.96 bits per heavy atom. The SMILES string of the molecule is O=[N+]([O-])c1ccccc1NNc1c2ccccc2nc2ccccc12. The summed E-state index contributed by atoms with van der Waals surface area (Å²) in [5.74, 6) is 0. The van der Waals surface area contributed by atoms with E-state index in [4.69, 9.17) is 0 Å². The van der Waals surface area contributed by atoms with Crippen LogP contribution in [0.1, 0.15) is 0 Å². The average molecular weight is 330 g/mol. The minimum absolute atomic E-state index is 0.0117. The Morgan fingerprint density at radius 2 is 1.32 bits per heavy atom. The van der Waals surface area contributed by atoms with Crippen molar-refractivity contribution in [2.75, 3.05) is 10.9 Å². The zero-order valence-corrected chi connectivity index (χ0v) is 13.1. The number of fused-ring (bicyclic) bond motifs is 2. The molecule has 0 unspecified atom stereocenters. The second kappa shape index (κ2) is 6.09. The van der Waals surface area contributed by atoms with Crippen molar-refractivity contribution in [2.24, 2.45) is 0 Å². The molecule has 4 rings (SSSR count). The molecule has 0 aliphatic carbocycles. The number of nitrogens with zero attached hydrogens (tertiary/aromatic N) is 2. The molecule has 0 atom stereocenters. The number of anilines is 2. The van der Waals surface area contributed by atoms with E-state index < -0.39 is 4.92 Å². The summed E-state index contributed by atoms with van der Waals surface area (Å²) in [4.78, 5) is 15.4. The number of hydrogen-bond acceptors (Lipinski definition) is 5. The molecule has 3 aromatic carbocycles. The summed E-state index contributed by atoms with van der Waals surface area (Å²) in [6, 6.07) is 22.1. The lowest BCUT2D eigenvalue weighted by atomic mass is 10.1. The largest absolute Gasteiger partial charge is 0.299 e. The molecule has 2 N–H and O–H groups in total. The van der Waals surface area contributed by atoms with Crippen LogP contribution in [0.3, 0.4) is 0 Å². The highest BCUT2D eigenvalue weighted by Crippen LogP contribution is 2.31. The molecule has 122 valence electrons. The number of hydrogen-bond donors (Lipinski definition) is 2. The zero-order chi connectivity index (χ0) is 17.2. The Hall–Kier alpha value is -3.67. The molecule has 0 amide bonds. The van der Waals surface area contributed by atoms with E-state index in [0.717, 1.165) is 27.5 Å². The van der Waals surface area contributed by atoms with E-state index in [-0.39, 0.29) is 5.69 Å². The second-order valence-electron chi connectivity index (χ2n) is 5.55. The van der Waals surface area contributed by atoms with E-state index >= 15 is 0 Å². The number of aromatic nitrogens is 1. The predicted molar refractivity (Wildman–Crippen MR) is 99.6 cm³/mol. The van der Waals surface area contributed by atoms with Crippen molar-refractivity contribution in [3.8, 4) is 0 Å². The standard InChI is InChI=1S/C19H14N4O2/c24-23(25)18-12-6-5-11-17(18)21-22-19-13-7-1-3-9-15(13)20-16-10-4-2-8-14(16)19/h1-12,21H,(H,20,22). The van der Waals surface area contributed by atoms with E-state index in [1.807, 2.05) is 48.5 Å². The van der Waals surface area contributed by atoms with Gasteiger partial charge < -0.3 is 0 Å². The fraction of sp³-hybridized carbons (Fsp3) is 0. The van der Waals surface area contributed by atoms with Gasteiger partial charge in [-0.3, -0.25) is 21.0 Å². The first kappa shape index (κ1) is 14.9. The minimum atomic E-state index is -0.410. The molecule has 6 heteroatoms. The van der Waals surface area contributed by atoms with Gasteiger partial charge in [-0.05, 0) is 18.2 Å². The first-order valence-electron chi connectivity index (χ1n) is 7.77. The number of hydrazine groups is 1. The van der Waals surface area contributed by atoms with Gasteiger partial charge in [0.15, 0.2) is 0 Å². The van der Waals surface area contributed by atoms with Crippen LogP contribution in [0, 0.1) is 10.1 Å². The maximum atomic E-state index is 11.2. The van der Waals surface area contributed by atoms with Gasteiger partial charge in [-0.15, -0.1) is 0 Å². The van der Waals surface area contributed by atoms with Crippen LogP contribution in [0.2, 0.25) is 0 Å². The topological polar surface area (TPSA) is 80.1 Å². The Labute approximate surface area is 143 Å². The quantitative estimate of drug-likeness (QED) is 0.321. The van der Waals surface area contributed by atoms with Crippen LogP contribution < -0.4 is 10.9 Å². The van der Waals surface area contributed by atoms with E-state index in [0.29, 0.717) is 5.69 Å². The first-order valence-corrected chi connectivity index (χ1v) is 7.77. The summed E-state index contributed by atoms with van der Waals surface area (Å²) in [5, 5.41) is 13.1. The van der Waals surface area contributed by atoms with Crippen molar-refractivity contribution >= 4 is 38.9 Å². The van der Waals surface area contributed by atoms with E-state index in [1.54, 1.807) is 18.2 Å². The number of nitro groups is 1. The molecule has 0 radical (unpaired) electrons. The molecule has 0 spiro atoms. The van der Waals surface area contributed by atoms with Crippen molar-refractivity contribution in [2.45, 2.75) is 0 Å². The third kappa shape index (κ3) is 2.70. The summed E-state index contributed by atoms with van der Waals surface area (Å²) >= 11 is 0. The van der Waals surface area contributed by atoms with Gasteiger partial charge in [0.1, 0.15) is 5.69 Å². The average Bonchev–Trinajstić information content (AvgIpc) is 2.65. The highest BCUT2D eigenvalue weighted by molar-refractivity contribution is 6.07. The maximum Gasteiger partial charge on any atom is 0.294 e. The Morgan fingerprint density at radius 1 is 0.760 bits per heavy atom. The van der Waals surface area contributed by atoms with Gasteiger partial charge in [-0.1, -0.05) is 48.5 Å². The molecule has 1 heterocycles. The number of benzene rings is 3. The van der Waals surface area contributed by atoms with Crippen LogP contribution >= 0.6 is 0 Å². The molecule has 0 saturated carbocycles. The molecule has 0 aliphatic rings. The number of pyridine rings is 1. The van der Waals surface area contributed by atoms with Crippen molar-refractivity contribution in [1.29, 1.82) is 0 Å². The normalized spacial score (nSPS) is 10.7. The summed E-state index contributed by atoms with van der Waals surface area (Å²) in [5.41, 5.74) is 9.08. The summed E-state index contributed by atoms with van der Waals surface area (Å²) in [6.07, 6.45) is 0. The van der Waals surface area contributed by atoms with Crippen LogP contribution in [0.4, 0.5) is 17.1 Å². The molecule has 0 fully saturated rings. The summed E-state index contributed by atoms with van der Waals surface area (Å²) in [7, 11) is 0. The number of rotatable bonds is 4. The molecule has 4 aromatic rings. The lowest BCUT2D eigenvalue weighted by Crippen LogP contribution is -2.11. The minimum Gasteiger partial charge on any atom is -0.299 e. The van der Waals surface area contributed by atoms with Gasteiger partial charge in [0.2, 0.25) is 0 Å². The molecule has 6 nitrogen and oxygen atoms in total. The van der Waals surface area contributed by atoms with E-state index in [9.17, 15) is 10.1 Å². The smallest absolute Gasteiger partial charge is 0.294 e. The fourth-order valence-corrected chi connectivity index (χ4v) is 2.84. The molecule has 0 bridgehead atoms. The summed E-state index contributed by atoms with van der Waals surface area (Å²) < 4.78 is 0. The maximum absolute atomic E-state index is 11.2. The monoisotopic (exact) mass is 330 g/mol.